The van der Waals surface area contributed by atoms with E-state index < -0.39 is 5.31 Å². The molecule has 0 aliphatic heterocycles. The maximum atomic E-state index is 12.6. The molecule has 0 saturated carbocycles. The van der Waals surface area contributed by atoms with Crippen molar-refractivity contribution in [2.45, 2.75) is 22.2 Å². The number of hydrogen-bond acceptors (Lipinski definition) is 1. The lowest BCUT2D eigenvalue weighted by Crippen LogP contribution is -2.60. The van der Waals surface area contributed by atoms with Gasteiger partial charge in [-0.3, -0.25) is 4.79 Å². The molecule has 1 heterocycles. The first-order valence-corrected chi connectivity index (χ1v) is 8.84. The number of primary amides is 1. The first kappa shape index (κ1) is 17.8. The van der Waals surface area contributed by atoms with E-state index in [-0.39, 0.29) is 16.3 Å². The highest BCUT2D eigenvalue weighted by Gasteiger charge is 2.58. The van der Waals surface area contributed by atoms with Crippen LogP contribution >= 0.6 is 11.6 Å². The Kier molecular flexibility index (Phi) is 3.70. The van der Waals surface area contributed by atoms with Crippen LogP contribution in [-0.2, 0) is 16.5 Å². The smallest absolute Gasteiger partial charge is 0.220 e. The molecule has 0 spiro atoms. The number of carbonyl (C=O) groups is 1. The number of fused-ring (bicyclic) bond motifs is 3. The molecule has 3 rings (SSSR count). The third-order valence-corrected chi connectivity index (χ3v) is 7.68. The van der Waals surface area contributed by atoms with E-state index in [4.69, 9.17) is 17.3 Å². The second-order valence-corrected chi connectivity index (χ2v) is 9.09. The van der Waals surface area contributed by atoms with Crippen LogP contribution < -0.4 is 16.7 Å². The molecule has 0 bridgehead atoms. The lowest BCUT2D eigenvalue weighted by molar-refractivity contribution is -0.121. The summed E-state index contributed by atoms with van der Waals surface area (Å²) in [5.41, 5.74) is 11.3. The number of H-pyrrole nitrogens is 1. The van der Waals surface area contributed by atoms with Gasteiger partial charge in [0.25, 0.3) is 0 Å². The number of rotatable bonds is 1. The Morgan fingerprint density at radius 3 is 2.33 bits per heavy atom. The Hall–Kier alpha value is -1.03. The van der Waals surface area contributed by atoms with Gasteiger partial charge in [0.05, 0.1) is 31.4 Å². The zero-order valence-corrected chi connectivity index (χ0v) is 16.4. The van der Waals surface area contributed by atoms with Crippen LogP contribution in [-0.4, -0.2) is 65.8 Å². The molecule has 1 aliphatic rings. The van der Waals surface area contributed by atoms with Gasteiger partial charge in [0.2, 0.25) is 5.91 Å². The molecule has 11 heteroatoms. The van der Waals surface area contributed by atoms with Crippen LogP contribution in [0, 0.1) is 0 Å². The lowest BCUT2D eigenvalue weighted by atomic mass is 9.18. The SMILES string of the molecule is Bc1cc2[nH]c3c(c2c(B)c1Cl)CC(B)(B)C(B)(B)C3(B)C(N)=O. The molecular formula is C13H20B7ClN2O. The van der Waals surface area contributed by atoms with Crippen molar-refractivity contribution in [3.8, 4) is 0 Å². The summed E-state index contributed by atoms with van der Waals surface area (Å²) in [7, 11) is 14.8. The number of hydrogen-bond donors (Lipinski definition) is 2. The van der Waals surface area contributed by atoms with E-state index >= 15 is 0 Å². The molecule has 1 aromatic heterocycles. The molecule has 3 N–H and O–H groups in total. The molecule has 1 amide bonds. The molecular weight excluding hydrogens is 311 g/mol. The van der Waals surface area contributed by atoms with E-state index in [1.807, 2.05) is 15.7 Å². The summed E-state index contributed by atoms with van der Waals surface area (Å²) in [5, 5.41) is 0.815. The number of aromatic nitrogens is 1. The molecule has 1 aromatic carbocycles. The largest absolute Gasteiger partial charge is 0.370 e. The standard InChI is InChI=1S/C13H20B7ClN2O/c14-4-1-5-6(7(15)8(4)21)3-2-11(16,17)13(19,20)12(18,10(22)24)9(3)23-5/h1,23H,2,14-20H2,(H2,22,24). The lowest BCUT2D eigenvalue weighted by Gasteiger charge is -2.57. The predicted octanol–water partition coefficient (Wildman–Crippen LogP) is -6.03. The Morgan fingerprint density at radius 2 is 1.79 bits per heavy atom. The molecule has 116 valence electrons. The summed E-state index contributed by atoms with van der Waals surface area (Å²) in [6.07, 6.45) is 0.887. The zero-order chi connectivity index (χ0) is 18.2. The number of benzene rings is 1. The van der Waals surface area contributed by atoms with Gasteiger partial charge in [-0.15, -0.1) is 0 Å². The van der Waals surface area contributed by atoms with Gasteiger partial charge in [-0.2, -0.15) is 0 Å². The highest BCUT2D eigenvalue weighted by molar-refractivity contribution is 6.60. The van der Waals surface area contributed by atoms with E-state index in [1.165, 1.54) is 5.56 Å². The van der Waals surface area contributed by atoms with Crippen LogP contribution in [0.15, 0.2) is 6.07 Å². The fourth-order valence-electron chi connectivity index (χ4n) is 4.47. The van der Waals surface area contributed by atoms with Gasteiger partial charge in [0, 0.05) is 21.5 Å². The Morgan fingerprint density at radius 1 is 1.21 bits per heavy atom. The van der Waals surface area contributed by atoms with Gasteiger partial charge in [-0.25, -0.2) is 0 Å². The van der Waals surface area contributed by atoms with Crippen LogP contribution in [0.5, 0.6) is 0 Å². The second-order valence-electron chi connectivity index (χ2n) is 8.71. The van der Waals surface area contributed by atoms with Crippen LogP contribution in [0.4, 0.5) is 0 Å². The Labute approximate surface area is 154 Å². The first-order valence-electron chi connectivity index (χ1n) is 8.47. The molecule has 2 aromatic rings. The molecule has 3 nitrogen and oxygen atoms in total. The van der Waals surface area contributed by atoms with Crippen LogP contribution in [0.25, 0.3) is 10.9 Å². The average Bonchev–Trinajstić information content (AvgIpc) is 2.80. The minimum atomic E-state index is -0.768. The van der Waals surface area contributed by atoms with Crippen molar-refractivity contribution < 1.29 is 4.79 Å². The summed E-state index contributed by atoms with van der Waals surface area (Å²) >= 11 is 6.51. The van der Waals surface area contributed by atoms with Crippen molar-refractivity contribution >= 4 is 94.3 Å². The number of carbonyl (C=O) groups excluding carboxylic acids is 1. The third kappa shape index (κ3) is 1.92. The topological polar surface area (TPSA) is 58.9 Å². The average molecular weight is 331 g/mol. The number of amides is 1. The van der Waals surface area contributed by atoms with Crippen molar-refractivity contribution in [3.63, 3.8) is 0 Å². The maximum Gasteiger partial charge on any atom is 0.220 e. The van der Waals surface area contributed by atoms with E-state index in [1.54, 1.807) is 0 Å². The normalized spacial score (nSPS) is 24.5. The first-order chi connectivity index (χ1) is 10.9. The highest BCUT2D eigenvalue weighted by atomic mass is 35.5. The predicted molar refractivity (Wildman–Crippen MR) is 122 cm³/mol. The second kappa shape index (κ2) is 5.00. The summed E-state index contributed by atoms with van der Waals surface area (Å²) in [5.74, 6) is -0.284. The Bertz CT molecular complexity index is 894. The highest BCUT2D eigenvalue weighted by Crippen LogP contribution is 2.60. The summed E-state index contributed by atoms with van der Waals surface area (Å²) in [4.78, 5) is 16.1. The fourth-order valence-corrected chi connectivity index (χ4v) is 4.62. The summed E-state index contributed by atoms with van der Waals surface area (Å²) < 4.78 is 0. The van der Waals surface area contributed by atoms with E-state index in [0.717, 1.165) is 39.0 Å². The van der Waals surface area contributed by atoms with Gasteiger partial charge >= 0.3 is 0 Å². The monoisotopic (exact) mass is 332 g/mol. The van der Waals surface area contributed by atoms with Crippen LogP contribution in [0.3, 0.4) is 0 Å². The van der Waals surface area contributed by atoms with Crippen molar-refractivity contribution in [2.75, 3.05) is 0 Å². The minimum absolute atomic E-state index is 0.0806. The van der Waals surface area contributed by atoms with Crippen LogP contribution in [0.1, 0.15) is 11.3 Å². The minimum Gasteiger partial charge on any atom is -0.370 e. The van der Waals surface area contributed by atoms with Crippen molar-refractivity contribution in [1.82, 2.24) is 4.98 Å². The van der Waals surface area contributed by atoms with E-state index in [9.17, 15) is 4.79 Å². The quantitative estimate of drug-likeness (QED) is 0.502. The van der Waals surface area contributed by atoms with E-state index in [0.29, 0.717) is 0 Å². The number of aromatic amines is 1. The van der Waals surface area contributed by atoms with Gasteiger partial charge in [0.1, 0.15) is 23.5 Å². The van der Waals surface area contributed by atoms with Gasteiger partial charge in [-0.05, 0) is 23.4 Å². The zero-order valence-electron chi connectivity index (χ0n) is 15.6. The summed E-state index contributed by atoms with van der Waals surface area (Å²) in [6.45, 7) is 0. The Balaban J connectivity index is 2.49. The van der Waals surface area contributed by atoms with Gasteiger partial charge in [0.15, 0.2) is 0 Å². The molecule has 24 heavy (non-hydrogen) atoms. The number of nitrogens with one attached hydrogen (secondary N) is 1. The van der Waals surface area contributed by atoms with Crippen molar-refractivity contribution in [3.05, 3.63) is 22.3 Å². The van der Waals surface area contributed by atoms with Crippen molar-refractivity contribution in [1.29, 1.82) is 0 Å². The van der Waals surface area contributed by atoms with Crippen LogP contribution in [0.2, 0.25) is 15.5 Å². The molecule has 1 unspecified atom stereocenters. The number of nitrogens with two attached hydrogens (primary N) is 1. The molecule has 1 atom stereocenters. The van der Waals surface area contributed by atoms with Gasteiger partial charge in [-0.1, -0.05) is 33.0 Å². The fraction of sp³-hybridized carbons (Fsp3) is 0.308. The third-order valence-electron chi connectivity index (χ3n) is 7.10. The summed E-state index contributed by atoms with van der Waals surface area (Å²) in [6, 6.07) is 2.07. The maximum absolute atomic E-state index is 12.6. The van der Waals surface area contributed by atoms with Gasteiger partial charge < -0.3 is 10.7 Å². The molecule has 0 fully saturated rings. The molecule has 0 saturated heterocycles. The molecule has 0 radical (unpaired) electrons. The number of halogens is 1. The molecule has 1 aliphatic carbocycles. The van der Waals surface area contributed by atoms with E-state index in [2.05, 4.69) is 50.3 Å². The van der Waals surface area contributed by atoms with Crippen molar-refractivity contribution in [2.24, 2.45) is 5.73 Å².